The molecule has 0 aliphatic carbocycles. The Morgan fingerprint density at radius 1 is 1.23 bits per heavy atom. The Morgan fingerprint density at radius 3 is 2.32 bits per heavy atom. The van der Waals surface area contributed by atoms with Gasteiger partial charge in [0.05, 0.1) is 18.9 Å². The maximum Gasteiger partial charge on any atom is 1.00 e. The van der Waals surface area contributed by atoms with Gasteiger partial charge in [0.25, 0.3) is 0 Å². The Hall–Kier alpha value is -0.679. The molecule has 112 valence electrons. The normalized spacial score (nSPS) is 11.0. The van der Waals surface area contributed by atoms with Crippen LogP contribution in [0.5, 0.6) is 0 Å². The molecule has 22 heavy (non-hydrogen) atoms. The SMILES string of the molecule is COC(=O)c1c([B-](F)(F)F)c(C)n(-c2cnccn2)c1C.[K+]. The summed E-state index contributed by atoms with van der Waals surface area (Å²) in [5, 5.41) is 0. The molecular formula is C12H12BF3KN3O2. The Labute approximate surface area is 167 Å². The van der Waals surface area contributed by atoms with Crippen molar-refractivity contribution in [3.05, 3.63) is 35.5 Å². The predicted molar refractivity (Wildman–Crippen MR) is 70.9 cm³/mol. The summed E-state index contributed by atoms with van der Waals surface area (Å²) in [5.41, 5.74) is -1.42. The van der Waals surface area contributed by atoms with E-state index in [2.05, 4.69) is 14.7 Å². The molecule has 2 heterocycles. The number of hydrogen-bond acceptors (Lipinski definition) is 4. The summed E-state index contributed by atoms with van der Waals surface area (Å²) in [4.78, 5) is 19.6. The minimum absolute atomic E-state index is 0. The van der Waals surface area contributed by atoms with E-state index < -0.39 is 24.0 Å². The summed E-state index contributed by atoms with van der Waals surface area (Å²) in [7, 11) is 1.05. The van der Waals surface area contributed by atoms with E-state index in [1.807, 2.05) is 0 Å². The summed E-state index contributed by atoms with van der Waals surface area (Å²) in [6, 6.07) is 0. The van der Waals surface area contributed by atoms with Crippen LogP contribution in [0.4, 0.5) is 12.9 Å². The van der Waals surface area contributed by atoms with E-state index in [0.717, 1.165) is 7.11 Å². The van der Waals surface area contributed by atoms with E-state index in [1.165, 1.54) is 37.0 Å². The average molecular weight is 337 g/mol. The summed E-state index contributed by atoms with van der Waals surface area (Å²) < 4.78 is 45.7. The van der Waals surface area contributed by atoms with Crippen LogP contribution in [-0.4, -0.2) is 34.6 Å². The van der Waals surface area contributed by atoms with Crippen molar-refractivity contribution in [3.8, 4) is 5.82 Å². The fourth-order valence-electron chi connectivity index (χ4n) is 2.37. The molecular weight excluding hydrogens is 325 g/mol. The van der Waals surface area contributed by atoms with E-state index >= 15 is 0 Å². The smallest absolute Gasteiger partial charge is 0.465 e. The molecule has 0 bridgehead atoms. The number of carbonyl (C=O) groups excluding carboxylic acids is 1. The first-order valence-corrected chi connectivity index (χ1v) is 6.05. The molecule has 0 saturated carbocycles. The molecule has 0 saturated heterocycles. The Balaban J connectivity index is 0.00000242. The molecule has 0 N–H and O–H groups in total. The van der Waals surface area contributed by atoms with Gasteiger partial charge >= 0.3 is 64.3 Å². The van der Waals surface area contributed by atoms with E-state index in [-0.39, 0.29) is 68.6 Å². The number of carbonyl (C=O) groups is 1. The number of methoxy groups -OCH3 is 1. The molecule has 0 spiro atoms. The van der Waals surface area contributed by atoms with Crippen LogP contribution >= 0.6 is 0 Å². The van der Waals surface area contributed by atoms with Crippen LogP contribution in [0, 0.1) is 13.8 Å². The average Bonchev–Trinajstić information content (AvgIpc) is 2.70. The summed E-state index contributed by atoms with van der Waals surface area (Å²) in [5.74, 6) is -0.809. The zero-order chi connectivity index (χ0) is 15.8. The first-order chi connectivity index (χ1) is 9.79. The fraction of sp³-hybridized carbons (Fsp3) is 0.250. The third-order valence-corrected chi connectivity index (χ3v) is 3.19. The minimum Gasteiger partial charge on any atom is -0.465 e. The second-order valence-corrected chi connectivity index (χ2v) is 4.42. The van der Waals surface area contributed by atoms with E-state index in [9.17, 15) is 17.7 Å². The first kappa shape index (κ1) is 19.4. The molecule has 2 aromatic rings. The molecule has 5 nitrogen and oxygen atoms in total. The zero-order valence-corrected chi connectivity index (χ0v) is 15.7. The van der Waals surface area contributed by atoms with Gasteiger partial charge in [-0.2, -0.15) is 0 Å². The van der Waals surface area contributed by atoms with Crippen molar-refractivity contribution in [2.24, 2.45) is 0 Å². The number of aromatic nitrogens is 3. The number of halogens is 3. The summed E-state index contributed by atoms with van der Waals surface area (Å²) in [6.45, 7) is -2.66. The monoisotopic (exact) mass is 337 g/mol. The molecule has 0 aromatic carbocycles. The van der Waals surface area contributed by atoms with Crippen LogP contribution in [0.15, 0.2) is 18.6 Å². The molecule has 2 rings (SSSR count). The van der Waals surface area contributed by atoms with Gasteiger partial charge in [0.1, 0.15) is 0 Å². The van der Waals surface area contributed by atoms with Gasteiger partial charge in [0.2, 0.25) is 0 Å². The van der Waals surface area contributed by atoms with Crippen LogP contribution in [0.3, 0.4) is 0 Å². The molecule has 0 radical (unpaired) electrons. The third-order valence-electron chi connectivity index (χ3n) is 3.19. The molecule has 0 unspecified atom stereocenters. The predicted octanol–water partition coefficient (Wildman–Crippen LogP) is -1.27. The second kappa shape index (κ2) is 7.26. The number of rotatable bonds is 3. The molecule has 0 aliphatic rings. The van der Waals surface area contributed by atoms with Crippen LogP contribution in [-0.2, 0) is 4.74 Å². The second-order valence-electron chi connectivity index (χ2n) is 4.42. The van der Waals surface area contributed by atoms with Gasteiger partial charge < -0.3 is 22.3 Å². The van der Waals surface area contributed by atoms with E-state index in [4.69, 9.17) is 0 Å². The maximum absolute atomic E-state index is 13.3. The van der Waals surface area contributed by atoms with Crippen LogP contribution in [0.2, 0.25) is 0 Å². The Kier molecular flexibility index (Phi) is 6.39. The molecule has 2 aromatic heterocycles. The molecule has 0 fully saturated rings. The van der Waals surface area contributed by atoms with Gasteiger partial charge in [0.15, 0.2) is 5.82 Å². The van der Waals surface area contributed by atoms with Crippen molar-refractivity contribution in [2.75, 3.05) is 7.11 Å². The van der Waals surface area contributed by atoms with Crippen molar-refractivity contribution in [3.63, 3.8) is 0 Å². The number of ether oxygens (including phenoxy) is 1. The first-order valence-electron chi connectivity index (χ1n) is 6.05. The Morgan fingerprint density at radius 2 is 1.86 bits per heavy atom. The van der Waals surface area contributed by atoms with Crippen molar-refractivity contribution >= 4 is 18.4 Å². The van der Waals surface area contributed by atoms with Crippen LogP contribution < -0.4 is 56.8 Å². The number of nitrogens with zero attached hydrogens (tertiary/aromatic N) is 3. The fourth-order valence-corrected chi connectivity index (χ4v) is 2.37. The molecule has 10 heteroatoms. The van der Waals surface area contributed by atoms with Gasteiger partial charge in [-0.1, -0.05) is 5.46 Å². The third kappa shape index (κ3) is 3.46. The standard InChI is InChI=1S/C12H12BF3N3O2.K/c1-7-10(12(20)21-3)11(13(14,15)16)8(2)19(7)9-6-17-4-5-18-9;/h4-6H,1-3H3;/q-1;+1. The topological polar surface area (TPSA) is 57.0 Å². The van der Waals surface area contributed by atoms with Crippen LogP contribution in [0.1, 0.15) is 21.7 Å². The molecule has 0 amide bonds. The van der Waals surface area contributed by atoms with Crippen molar-refractivity contribution in [2.45, 2.75) is 13.8 Å². The van der Waals surface area contributed by atoms with Crippen molar-refractivity contribution in [1.82, 2.24) is 14.5 Å². The zero-order valence-electron chi connectivity index (χ0n) is 12.6. The quantitative estimate of drug-likeness (QED) is 0.518. The van der Waals surface area contributed by atoms with E-state index in [0.29, 0.717) is 0 Å². The summed E-state index contributed by atoms with van der Waals surface area (Å²) >= 11 is 0. The largest absolute Gasteiger partial charge is 1.00 e. The molecule has 0 aliphatic heterocycles. The number of esters is 1. The van der Waals surface area contributed by atoms with Gasteiger partial charge in [-0.15, -0.1) is 0 Å². The van der Waals surface area contributed by atoms with Crippen molar-refractivity contribution in [1.29, 1.82) is 0 Å². The molecule has 0 atom stereocenters. The minimum atomic E-state index is -5.37. The van der Waals surface area contributed by atoms with Gasteiger partial charge in [-0.3, -0.25) is 4.98 Å². The number of hydrogen-bond donors (Lipinski definition) is 0. The summed E-state index contributed by atoms with van der Waals surface area (Å²) in [6.07, 6.45) is 4.10. The van der Waals surface area contributed by atoms with Gasteiger partial charge in [-0.25, -0.2) is 9.78 Å². The van der Waals surface area contributed by atoms with Crippen molar-refractivity contribution < 1.29 is 73.9 Å². The van der Waals surface area contributed by atoms with Crippen LogP contribution in [0.25, 0.3) is 5.82 Å². The van der Waals surface area contributed by atoms with Gasteiger partial charge in [0, 0.05) is 18.1 Å². The Bertz CT molecular complexity index is 689. The van der Waals surface area contributed by atoms with Gasteiger partial charge in [-0.05, 0) is 19.5 Å². The van der Waals surface area contributed by atoms with E-state index in [1.54, 1.807) is 0 Å². The maximum atomic E-state index is 13.3.